The van der Waals surface area contributed by atoms with Crippen LogP contribution in [0.4, 0.5) is 15.9 Å². The van der Waals surface area contributed by atoms with Crippen LogP contribution in [0.25, 0.3) is 11.1 Å². The molecule has 0 spiro atoms. The minimum atomic E-state index is -1.22. The molecule has 0 radical (unpaired) electrons. The Morgan fingerprint density at radius 2 is 1.86 bits per heavy atom. The maximum Gasteiger partial charge on any atom is 0.337 e. The van der Waals surface area contributed by atoms with Crippen LogP contribution < -0.4 is 10.2 Å². The minimum absolute atomic E-state index is 0.199. The van der Waals surface area contributed by atoms with Crippen LogP contribution in [0.15, 0.2) is 18.5 Å². The Morgan fingerprint density at radius 3 is 2.39 bits per heavy atom. The predicted molar refractivity (Wildman–Crippen MR) is 142 cm³/mol. The maximum absolute atomic E-state index is 15.1. The number of hydrogen-bond acceptors (Lipinski definition) is 6. The lowest BCUT2D eigenvalue weighted by atomic mass is 9.82. The van der Waals surface area contributed by atoms with E-state index in [0.717, 1.165) is 31.6 Å². The number of ether oxygens (including phenoxy) is 1. The molecule has 1 atom stereocenters. The second-order valence-corrected chi connectivity index (χ2v) is 11.9. The number of rotatable bonds is 8. The molecular weight excluding hydrogens is 459 g/mol. The van der Waals surface area contributed by atoms with Gasteiger partial charge in [0.25, 0.3) is 0 Å². The summed E-state index contributed by atoms with van der Waals surface area (Å²) in [4.78, 5) is 23.6. The third kappa shape index (κ3) is 6.72. The van der Waals surface area contributed by atoms with Gasteiger partial charge in [-0.2, -0.15) is 0 Å². The number of aliphatic carboxylic acids is 1. The van der Waals surface area contributed by atoms with Crippen molar-refractivity contribution < 1.29 is 19.0 Å². The number of halogens is 1. The van der Waals surface area contributed by atoms with E-state index >= 15 is 4.39 Å². The van der Waals surface area contributed by atoms with Gasteiger partial charge in [-0.25, -0.2) is 14.2 Å². The number of carboxylic acid groups (broad SMARTS) is 1. The molecule has 7 nitrogen and oxygen atoms in total. The summed E-state index contributed by atoms with van der Waals surface area (Å²) in [6.45, 7) is 18.0. The molecule has 1 saturated heterocycles. The van der Waals surface area contributed by atoms with Gasteiger partial charge in [-0.05, 0) is 57.9 Å². The molecule has 2 N–H and O–H groups in total. The SMILES string of the molecule is Cc1ncc(-c2cnc(NCC(C)C)c(F)c2)c(N2CCC(C)(C)CC2)c1C(OC(C)(C)C)C(=O)O. The zero-order valence-corrected chi connectivity index (χ0v) is 22.9. The molecule has 1 unspecified atom stereocenters. The zero-order chi connectivity index (χ0) is 26.8. The molecule has 1 aliphatic rings. The predicted octanol–water partition coefficient (Wildman–Crippen LogP) is 6.23. The highest BCUT2D eigenvalue weighted by Crippen LogP contribution is 2.43. The van der Waals surface area contributed by atoms with Crippen LogP contribution in [-0.4, -0.2) is 46.3 Å². The van der Waals surface area contributed by atoms with Crippen LogP contribution in [0.3, 0.4) is 0 Å². The molecular formula is C28H41FN4O3. The zero-order valence-electron chi connectivity index (χ0n) is 22.9. The number of nitrogens with zero attached hydrogens (tertiary/aromatic N) is 3. The van der Waals surface area contributed by atoms with Gasteiger partial charge in [0, 0.05) is 54.4 Å². The van der Waals surface area contributed by atoms with Gasteiger partial charge < -0.3 is 20.1 Å². The van der Waals surface area contributed by atoms with Crippen LogP contribution in [-0.2, 0) is 9.53 Å². The lowest BCUT2D eigenvalue weighted by Gasteiger charge is -2.40. The maximum atomic E-state index is 15.1. The Labute approximate surface area is 214 Å². The van der Waals surface area contributed by atoms with Crippen molar-refractivity contribution in [1.82, 2.24) is 9.97 Å². The highest BCUT2D eigenvalue weighted by molar-refractivity contribution is 5.86. The molecule has 0 bridgehead atoms. The number of pyridine rings is 2. The summed E-state index contributed by atoms with van der Waals surface area (Å²) in [6.07, 6.45) is 4.01. The number of aromatic nitrogens is 2. The summed E-state index contributed by atoms with van der Waals surface area (Å²) in [7, 11) is 0. The largest absolute Gasteiger partial charge is 0.479 e. The number of hydrogen-bond donors (Lipinski definition) is 2. The summed E-state index contributed by atoms with van der Waals surface area (Å²) in [6, 6.07) is 1.45. The minimum Gasteiger partial charge on any atom is -0.479 e. The molecule has 2 aromatic heterocycles. The number of anilines is 2. The summed E-state index contributed by atoms with van der Waals surface area (Å²) in [5.74, 6) is -0.987. The fourth-order valence-corrected chi connectivity index (χ4v) is 4.41. The highest BCUT2D eigenvalue weighted by atomic mass is 19.1. The van der Waals surface area contributed by atoms with Crippen molar-refractivity contribution in [2.45, 2.75) is 79.9 Å². The van der Waals surface area contributed by atoms with Crippen molar-refractivity contribution in [3.8, 4) is 11.1 Å². The van der Waals surface area contributed by atoms with Gasteiger partial charge in [-0.15, -0.1) is 0 Å². The second kappa shape index (κ2) is 10.7. The number of aryl methyl sites for hydroxylation is 1. The van der Waals surface area contributed by atoms with Crippen molar-refractivity contribution in [2.24, 2.45) is 11.3 Å². The molecule has 2 aromatic rings. The van der Waals surface area contributed by atoms with Crippen molar-refractivity contribution in [2.75, 3.05) is 29.9 Å². The van der Waals surface area contributed by atoms with Crippen LogP contribution in [0.1, 0.15) is 78.7 Å². The monoisotopic (exact) mass is 500 g/mol. The first-order valence-corrected chi connectivity index (χ1v) is 12.7. The lowest BCUT2D eigenvalue weighted by molar-refractivity contribution is -0.160. The van der Waals surface area contributed by atoms with Crippen LogP contribution in [0, 0.1) is 24.1 Å². The Morgan fingerprint density at radius 1 is 1.22 bits per heavy atom. The molecule has 3 rings (SSSR count). The van der Waals surface area contributed by atoms with E-state index in [2.05, 4.69) is 34.0 Å². The van der Waals surface area contributed by atoms with E-state index in [9.17, 15) is 9.90 Å². The van der Waals surface area contributed by atoms with Crippen LogP contribution >= 0.6 is 0 Å². The van der Waals surface area contributed by atoms with Gasteiger partial charge in [0.05, 0.1) is 11.3 Å². The van der Waals surface area contributed by atoms with Gasteiger partial charge >= 0.3 is 5.97 Å². The summed E-state index contributed by atoms with van der Waals surface area (Å²) < 4.78 is 21.1. The smallest absolute Gasteiger partial charge is 0.337 e. The first kappa shape index (κ1) is 27.8. The molecule has 1 fully saturated rings. The first-order valence-electron chi connectivity index (χ1n) is 12.7. The van der Waals surface area contributed by atoms with Gasteiger partial charge in [0.15, 0.2) is 17.7 Å². The molecule has 8 heteroatoms. The van der Waals surface area contributed by atoms with Crippen LogP contribution in [0.2, 0.25) is 0 Å². The van der Waals surface area contributed by atoms with E-state index in [1.165, 1.54) is 6.07 Å². The molecule has 198 valence electrons. The molecule has 36 heavy (non-hydrogen) atoms. The van der Waals surface area contributed by atoms with Crippen molar-refractivity contribution in [3.05, 3.63) is 35.5 Å². The Kier molecular flexibility index (Phi) is 8.28. The van der Waals surface area contributed by atoms with E-state index < -0.39 is 23.5 Å². The van der Waals surface area contributed by atoms with E-state index in [1.54, 1.807) is 19.3 Å². The van der Waals surface area contributed by atoms with Crippen molar-refractivity contribution in [3.63, 3.8) is 0 Å². The summed E-state index contributed by atoms with van der Waals surface area (Å²) in [5, 5.41) is 13.3. The third-order valence-electron chi connectivity index (χ3n) is 6.51. The molecule has 3 heterocycles. The number of piperidine rings is 1. The van der Waals surface area contributed by atoms with E-state index in [0.29, 0.717) is 34.8 Å². The highest BCUT2D eigenvalue weighted by Gasteiger charge is 2.36. The molecule has 0 aliphatic carbocycles. The Bertz CT molecular complexity index is 1080. The van der Waals surface area contributed by atoms with E-state index in [-0.39, 0.29) is 11.2 Å². The fraction of sp³-hybridized carbons (Fsp3) is 0.607. The average molecular weight is 501 g/mol. The van der Waals surface area contributed by atoms with Gasteiger partial charge in [0.2, 0.25) is 0 Å². The number of carbonyl (C=O) groups is 1. The Hall–Kier alpha value is -2.74. The standard InChI is InChI=1S/C28H41FN4O3/c1-17(2)14-31-25-21(29)13-19(15-32-25)20-16-30-18(3)22(24(26(34)35)36-27(4,5)6)23(20)33-11-9-28(7,8)10-12-33/h13,15-17,24H,9-12,14H2,1-8H3,(H,31,32)(H,34,35). The van der Waals surface area contributed by atoms with Gasteiger partial charge in [0.1, 0.15) is 0 Å². The lowest BCUT2D eigenvalue weighted by Crippen LogP contribution is -2.39. The second-order valence-electron chi connectivity index (χ2n) is 11.9. The molecule has 0 amide bonds. The average Bonchev–Trinajstić information content (AvgIpc) is 2.76. The molecule has 1 aliphatic heterocycles. The van der Waals surface area contributed by atoms with E-state index in [1.807, 2.05) is 34.6 Å². The quantitative estimate of drug-likeness (QED) is 0.444. The van der Waals surface area contributed by atoms with Crippen molar-refractivity contribution >= 4 is 17.5 Å². The van der Waals surface area contributed by atoms with Gasteiger partial charge in [-0.1, -0.05) is 27.7 Å². The third-order valence-corrected chi connectivity index (χ3v) is 6.51. The topological polar surface area (TPSA) is 87.6 Å². The van der Waals surface area contributed by atoms with E-state index in [4.69, 9.17) is 4.74 Å². The summed E-state index contributed by atoms with van der Waals surface area (Å²) in [5.41, 5.74) is 2.54. The molecule has 0 aromatic carbocycles. The normalized spacial score (nSPS) is 16.8. The first-order chi connectivity index (χ1) is 16.7. The van der Waals surface area contributed by atoms with Gasteiger partial charge in [-0.3, -0.25) is 4.98 Å². The number of nitrogens with one attached hydrogen (secondary N) is 1. The fourth-order valence-electron chi connectivity index (χ4n) is 4.41. The Balaban J connectivity index is 2.18. The van der Waals surface area contributed by atoms with Crippen molar-refractivity contribution in [1.29, 1.82) is 0 Å². The molecule has 0 saturated carbocycles. The number of carboxylic acids is 1. The summed E-state index contributed by atoms with van der Waals surface area (Å²) >= 11 is 0. The van der Waals surface area contributed by atoms with Crippen LogP contribution in [0.5, 0.6) is 0 Å².